The Hall–Kier alpha value is -1.99. The molecular formula is C7H3F3N2O3. The molecule has 0 spiro atoms. The van der Waals surface area contributed by atoms with Crippen molar-refractivity contribution < 1.29 is 22.9 Å². The Kier molecular flexibility index (Phi) is 2.98. The molecule has 80 valence electrons. The van der Waals surface area contributed by atoms with Crippen LogP contribution in [0, 0.1) is 15.9 Å². The van der Waals surface area contributed by atoms with Crippen LogP contribution in [0.15, 0.2) is 6.20 Å². The van der Waals surface area contributed by atoms with Gasteiger partial charge in [-0.05, 0) is 0 Å². The van der Waals surface area contributed by atoms with Crippen LogP contribution in [0.4, 0.5) is 18.9 Å². The van der Waals surface area contributed by atoms with E-state index in [1.54, 1.807) is 0 Å². The second kappa shape index (κ2) is 4.03. The number of pyridine rings is 1. The fourth-order valence-electron chi connectivity index (χ4n) is 0.929. The first-order valence-corrected chi connectivity index (χ1v) is 3.55. The Morgan fingerprint density at radius 2 is 2.13 bits per heavy atom. The number of carbonyl (C=O) groups excluding carboxylic acids is 1. The van der Waals surface area contributed by atoms with Crippen molar-refractivity contribution >= 4 is 12.0 Å². The van der Waals surface area contributed by atoms with Crippen molar-refractivity contribution in [3.8, 4) is 0 Å². The number of rotatable bonds is 3. The van der Waals surface area contributed by atoms with Crippen LogP contribution in [0.3, 0.4) is 0 Å². The van der Waals surface area contributed by atoms with E-state index in [9.17, 15) is 28.1 Å². The highest BCUT2D eigenvalue weighted by Crippen LogP contribution is 2.28. The van der Waals surface area contributed by atoms with Crippen molar-refractivity contribution in [2.24, 2.45) is 0 Å². The first kappa shape index (κ1) is 11.1. The molecule has 1 aromatic heterocycles. The van der Waals surface area contributed by atoms with Gasteiger partial charge in [0.15, 0.2) is 6.29 Å². The third-order valence-electron chi connectivity index (χ3n) is 1.57. The summed E-state index contributed by atoms with van der Waals surface area (Å²) < 4.78 is 37.3. The van der Waals surface area contributed by atoms with Gasteiger partial charge in [-0.1, -0.05) is 0 Å². The summed E-state index contributed by atoms with van der Waals surface area (Å²) in [6.07, 6.45) is -2.76. The van der Waals surface area contributed by atoms with E-state index in [-0.39, 0.29) is 6.29 Å². The first-order chi connectivity index (χ1) is 6.99. The molecule has 0 saturated carbocycles. The molecule has 0 radical (unpaired) electrons. The molecule has 0 amide bonds. The van der Waals surface area contributed by atoms with E-state index in [0.29, 0.717) is 6.20 Å². The van der Waals surface area contributed by atoms with Crippen LogP contribution in [0.2, 0.25) is 0 Å². The minimum atomic E-state index is -3.27. The lowest BCUT2D eigenvalue weighted by Crippen LogP contribution is -2.04. The minimum absolute atomic E-state index is 0.0243. The van der Waals surface area contributed by atoms with E-state index in [4.69, 9.17) is 0 Å². The number of alkyl halides is 2. The summed E-state index contributed by atoms with van der Waals surface area (Å²) in [6.45, 7) is 0. The quantitative estimate of drug-likeness (QED) is 0.442. The molecule has 1 aromatic rings. The van der Waals surface area contributed by atoms with Gasteiger partial charge in [-0.2, -0.15) is 4.39 Å². The molecule has 1 heterocycles. The number of hydrogen-bond donors (Lipinski definition) is 0. The molecule has 0 saturated heterocycles. The third-order valence-corrected chi connectivity index (χ3v) is 1.57. The van der Waals surface area contributed by atoms with Crippen molar-refractivity contribution in [1.82, 2.24) is 4.98 Å². The maximum atomic E-state index is 13.1. The number of nitro groups is 1. The summed E-state index contributed by atoms with van der Waals surface area (Å²) in [5, 5.41) is 10.3. The molecule has 8 heteroatoms. The monoisotopic (exact) mass is 220 g/mol. The predicted octanol–water partition coefficient (Wildman–Crippen LogP) is 1.88. The van der Waals surface area contributed by atoms with Gasteiger partial charge in [-0.25, -0.2) is 8.78 Å². The fraction of sp³-hybridized carbons (Fsp3) is 0.143. The van der Waals surface area contributed by atoms with Crippen LogP contribution in [-0.4, -0.2) is 16.2 Å². The Labute approximate surface area is 80.7 Å². The van der Waals surface area contributed by atoms with Gasteiger partial charge in [0.2, 0.25) is 5.82 Å². The molecule has 0 aliphatic rings. The zero-order chi connectivity index (χ0) is 11.6. The van der Waals surface area contributed by atoms with Crippen LogP contribution in [0.25, 0.3) is 0 Å². The molecule has 5 nitrogen and oxygen atoms in total. The normalized spacial score (nSPS) is 10.4. The number of halogens is 3. The molecule has 0 aromatic carbocycles. The van der Waals surface area contributed by atoms with E-state index in [0.717, 1.165) is 0 Å². The zero-order valence-corrected chi connectivity index (χ0v) is 6.99. The highest BCUT2D eigenvalue weighted by atomic mass is 19.3. The molecule has 0 bridgehead atoms. The number of aldehydes is 1. The Bertz CT molecular complexity index is 422. The molecule has 0 aliphatic carbocycles. The minimum Gasteiger partial charge on any atom is -0.298 e. The molecule has 15 heavy (non-hydrogen) atoms. The van der Waals surface area contributed by atoms with Gasteiger partial charge in [0, 0.05) is 6.20 Å². The topological polar surface area (TPSA) is 73.1 Å². The zero-order valence-electron chi connectivity index (χ0n) is 6.99. The summed E-state index contributed by atoms with van der Waals surface area (Å²) in [6, 6.07) is 0. The summed E-state index contributed by atoms with van der Waals surface area (Å²) >= 11 is 0. The van der Waals surface area contributed by atoms with Gasteiger partial charge < -0.3 is 0 Å². The summed E-state index contributed by atoms with van der Waals surface area (Å²) in [5.74, 6) is -1.78. The van der Waals surface area contributed by atoms with Crippen molar-refractivity contribution in [3.05, 3.63) is 33.4 Å². The molecule has 0 aliphatic heterocycles. The highest BCUT2D eigenvalue weighted by molar-refractivity contribution is 5.81. The molecule has 0 fully saturated rings. The van der Waals surface area contributed by atoms with E-state index < -0.39 is 34.1 Å². The lowest BCUT2D eigenvalue weighted by atomic mass is 10.2. The first-order valence-electron chi connectivity index (χ1n) is 3.55. The summed E-state index contributed by atoms with van der Waals surface area (Å²) in [7, 11) is 0. The maximum Gasteiger partial charge on any atom is 0.318 e. The number of nitrogens with zero attached hydrogens (tertiary/aromatic N) is 2. The molecule has 1 rings (SSSR count). The van der Waals surface area contributed by atoms with Crippen LogP contribution < -0.4 is 0 Å². The van der Waals surface area contributed by atoms with Crippen LogP contribution in [0.5, 0.6) is 0 Å². The molecular weight excluding hydrogens is 217 g/mol. The van der Waals surface area contributed by atoms with E-state index >= 15 is 0 Å². The lowest BCUT2D eigenvalue weighted by molar-refractivity contribution is -0.388. The number of aromatic nitrogens is 1. The third kappa shape index (κ3) is 1.92. The van der Waals surface area contributed by atoms with Crippen LogP contribution in [-0.2, 0) is 0 Å². The standard InChI is InChI=1S/C7H3F3N2O3/c8-4-5(7(9)10)11-1-3(2-13)6(4)12(14)15/h1-2,7H. The van der Waals surface area contributed by atoms with E-state index in [1.165, 1.54) is 0 Å². The van der Waals surface area contributed by atoms with Gasteiger partial charge in [-0.15, -0.1) is 0 Å². The van der Waals surface area contributed by atoms with Crippen LogP contribution >= 0.6 is 0 Å². The second-order valence-electron chi connectivity index (χ2n) is 2.44. The van der Waals surface area contributed by atoms with E-state index in [2.05, 4.69) is 4.98 Å². The van der Waals surface area contributed by atoms with Gasteiger partial charge in [0.05, 0.1) is 4.92 Å². The Morgan fingerprint density at radius 1 is 1.53 bits per heavy atom. The number of hydrogen-bond acceptors (Lipinski definition) is 4. The van der Waals surface area contributed by atoms with Gasteiger partial charge in [0.1, 0.15) is 11.3 Å². The largest absolute Gasteiger partial charge is 0.318 e. The van der Waals surface area contributed by atoms with Crippen molar-refractivity contribution in [3.63, 3.8) is 0 Å². The highest BCUT2D eigenvalue weighted by Gasteiger charge is 2.28. The molecule has 0 atom stereocenters. The average Bonchev–Trinajstić information content (AvgIpc) is 2.15. The molecule has 0 unspecified atom stereocenters. The van der Waals surface area contributed by atoms with Crippen LogP contribution in [0.1, 0.15) is 22.5 Å². The van der Waals surface area contributed by atoms with Crippen molar-refractivity contribution in [2.45, 2.75) is 6.43 Å². The molecule has 0 N–H and O–H groups in total. The predicted molar refractivity (Wildman–Crippen MR) is 41.2 cm³/mol. The Morgan fingerprint density at radius 3 is 2.53 bits per heavy atom. The van der Waals surface area contributed by atoms with Crippen molar-refractivity contribution in [2.75, 3.05) is 0 Å². The lowest BCUT2D eigenvalue weighted by Gasteiger charge is -2.02. The van der Waals surface area contributed by atoms with Gasteiger partial charge in [-0.3, -0.25) is 19.9 Å². The van der Waals surface area contributed by atoms with Gasteiger partial charge >= 0.3 is 5.69 Å². The maximum absolute atomic E-state index is 13.1. The Balaban J connectivity index is 3.49. The summed E-state index contributed by atoms with van der Waals surface area (Å²) in [4.78, 5) is 22.3. The van der Waals surface area contributed by atoms with Gasteiger partial charge in [0.25, 0.3) is 6.43 Å². The van der Waals surface area contributed by atoms with Crippen molar-refractivity contribution in [1.29, 1.82) is 0 Å². The summed E-state index contributed by atoms with van der Waals surface area (Å²) in [5.41, 5.74) is -3.30. The SMILES string of the molecule is O=Cc1cnc(C(F)F)c(F)c1[N+](=O)[O-]. The fourth-order valence-corrected chi connectivity index (χ4v) is 0.929. The average molecular weight is 220 g/mol. The van der Waals surface area contributed by atoms with E-state index in [1.807, 2.05) is 0 Å². The number of carbonyl (C=O) groups is 1. The second-order valence-corrected chi connectivity index (χ2v) is 2.44. The smallest absolute Gasteiger partial charge is 0.298 e.